The van der Waals surface area contributed by atoms with Gasteiger partial charge in [-0.2, -0.15) is 0 Å². The molecule has 0 spiro atoms. The Bertz CT molecular complexity index is 513. The zero-order valence-corrected chi connectivity index (χ0v) is 11.3. The molecule has 1 aliphatic heterocycles. The number of rotatable bonds is 4. The number of hydrogen-bond acceptors (Lipinski definition) is 5. The summed E-state index contributed by atoms with van der Waals surface area (Å²) in [5.74, 6) is 4.96. The first-order valence-corrected chi connectivity index (χ1v) is 7.31. The van der Waals surface area contributed by atoms with Gasteiger partial charge in [-0.1, -0.05) is 6.07 Å². The number of halogens is 1. The molecule has 1 aromatic rings. The van der Waals surface area contributed by atoms with Gasteiger partial charge in [0.25, 0.3) is 0 Å². The highest BCUT2D eigenvalue weighted by Gasteiger charge is 2.35. The average molecular weight is 322 g/mol. The van der Waals surface area contributed by atoms with Gasteiger partial charge in [-0.05, 0) is 33.6 Å². The quantitative estimate of drug-likeness (QED) is 0.837. The first-order chi connectivity index (χ1) is 8.05. The Morgan fingerprint density at radius 3 is 2.65 bits per heavy atom. The second kappa shape index (κ2) is 5.03. The second-order valence-electron chi connectivity index (χ2n) is 3.78. The van der Waals surface area contributed by atoms with E-state index in [-0.39, 0.29) is 24.7 Å². The fourth-order valence-corrected chi connectivity index (χ4v) is 4.14. The summed E-state index contributed by atoms with van der Waals surface area (Å²) < 4.78 is 29.7. The summed E-state index contributed by atoms with van der Waals surface area (Å²) in [4.78, 5) is 4.78. The van der Waals surface area contributed by atoms with Crippen molar-refractivity contribution < 1.29 is 18.0 Å². The molecule has 1 saturated heterocycles. The van der Waals surface area contributed by atoms with Crippen molar-refractivity contribution in [2.45, 2.75) is 16.8 Å². The minimum atomic E-state index is -3.31. The van der Waals surface area contributed by atoms with Crippen LogP contribution in [0.15, 0.2) is 27.6 Å². The number of hydrogen-bond donors (Lipinski definition) is 1. The Morgan fingerprint density at radius 1 is 1.47 bits per heavy atom. The summed E-state index contributed by atoms with van der Waals surface area (Å²) in [7, 11) is -3.31. The van der Waals surface area contributed by atoms with Gasteiger partial charge in [0.2, 0.25) is 0 Å². The van der Waals surface area contributed by atoms with E-state index in [1.54, 1.807) is 18.2 Å². The van der Waals surface area contributed by atoms with E-state index in [4.69, 9.17) is 10.6 Å². The third-order valence-corrected chi connectivity index (χ3v) is 5.64. The molecule has 1 heterocycles. The Kier molecular flexibility index (Phi) is 3.84. The van der Waals surface area contributed by atoms with Gasteiger partial charge in [-0.25, -0.2) is 14.3 Å². The zero-order valence-electron chi connectivity index (χ0n) is 8.93. The lowest BCUT2D eigenvalue weighted by molar-refractivity contribution is 0.0416. The standard InChI is InChI=1S/C10H12BrNO4S/c11-9-3-7(4-16-12)1-2-10(9)17(13,14)8-5-15-6-8/h1-3,8H,4-6,12H2. The third-order valence-electron chi connectivity index (χ3n) is 2.60. The lowest BCUT2D eigenvalue weighted by atomic mass is 10.2. The van der Waals surface area contributed by atoms with E-state index in [0.29, 0.717) is 4.47 Å². The number of sulfone groups is 1. The van der Waals surface area contributed by atoms with Crippen molar-refractivity contribution in [3.8, 4) is 0 Å². The Balaban J connectivity index is 2.33. The number of benzene rings is 1. The molecule has 0 amide bonds. The molecule has 7 heteroatoms. The summed E-state index contributed by atoms with van der Waals surface area (Å²) in [6.07, 6.45) is 0. The molecular formula is C10H12BrNO4S. The monoisotopic (exact) mass is 321 g/mol. The van der Waals surface area contributed by atoms with Crippen molar-refractivity contribution in [2.24, 2.45) is 5.90 Å². The van der Waals surface area contributed by atoms with Crippen LogP contribution in [0.4, 0.5) is 0 Å². The fourth-order valence-electron chi connectivity index (χ4n) is 1.53. The number of ether oxygens (including phenoxy) is 1. The molecular weight excluding hydrogens is 310 g/mol. The Morgan fingerprint density at radius 2 is 2.18 bits per heavy atom. The molecule has 0 radical (unpaired) electrons. The van der Waals surface area contributed by atoms with Crippen LogP contribution in [0.25, 0.3) is 0 Å². The highest BCUT2D eigenvalue weighted by molar-refractivity contribution is 9.10. The molecule has 1 fully saturated rings. The number of nitrogens with two attached hydrogens (primary N) is 1. The largest absolute Gasteiger partial charge is 0.379 e. The van der Waals surface area contributed by atoms with Crippen LogP contribution in [0.5, 0.6) is 0 Å². The first-order valence-electron chi connectivity index (χ1n) is 4.97. The molecule has 0 atom stereocenters. The molecule has 0 aromatic heterocycles. The summed E-state index contributed by atoms with van der Waals surface area (Å²) in [5, 5.41) is -0.435. The van der Waals surface area contributed by atoms with E-state index in [1.165, 1.54) is 0 Å². The predicted octanol–water partition coefficient (Wildman–Crippen LogP) is 1.01. The SMILES string of the molecule is NOCc1ccc(S(=O)(=O)C2COC2)c(Br)c1. The van der Waals surface area contributed by atoms with E-state index in [0.717, 1.165) is 5.56 Å². The van der Waals surface area contributed by atoms with E-state index in [1.807, 2.05) is 0 Å². The maximum Gasteiger partial charge on any atom is 0.186 e. The fraction of sp³-hybridized carbons (Fsp3) is 0.400. The average Bonchev–Trinajstić information content (AvgIpc) is 2.13. The van der Waals surface area contributed by atoms with Crippen LogP contribution in [0.1, 0.15) is 5.56 Å². The van der Waals surface area contributed by atoms with Crippen molar-refractivity contribution in [3.05, 3.63) is 28.2 Å². The van der Waals surface area contributed by atoms with E-state index < -0.39 is 15.1 Å². The normalized spacial score (nSPS) is 16.8. The molecule has 17 heavy (non-hydrogen) atoms. The van der Waals surface area contributed by atoms with Crippen LogP contribution in [-0.2, 0) is 26.0 Å². The zero-order chi connectivity index (χ0) is 12.5. The van der Waals surface area contributed by atoms with Crippen molar-refractivity contribution in [1.29, 1.82) is 0 Å². The van der Waals surface area contributed by atoms with Gasteiger partial charge in [0.1, 0.15) is 5.25 Å². The van der Waals surface area contributed by atoms with Crippen LogP contribution in [0.3, 0.4) is 0 Å². The van der Waals surface area contributed by atoms with Crippen LogP contribution < -0.4 is 5.90 Å². The molecule has 0 saturated carbocycles. The Labute approximate surface area is 108 Å². The van der Waals surface area contributed by atoms with Crippen molar-refractivity contribution >= 4 is 25.8 Å². The van der Waals surface area contributed by atoms with Gasteiger partial charge >= 0.3 is 0 Å². The summed E-state index contributed by atoms with van der Waals surface area (Å²) >= 11 is 3.26. The van der Waals surface area contributed by atoms with Crippen molar-refractivity contribution in [2.75, 3.05) is 13.2 Å². The van der Waals surface area contributed by atoms with E-state index in [9.17, 15) is 8.42 Å². The minimum absolute atomic E-state index is 0.242. The minimum Gasteiger partial charge on any atom is -0.379 e. The van der Waals surface area contributed by atoms with Gasteiger partial charge < -0.3 is 4.74 Å². The molecule has 0 bridgehead atoms. The van der Waals surface area contributed by atoms with E-state index in [2.05, 4.69) is 20.8 Å². The van der Waals surface area contributed by atoms with Crippen LogP contribution in [0.2, 0.25) is 0 Å². The molecule has 2 rings (SSSR count). The van der Waals surface area contributed by atoms with Crippen molar-refractivity contribution in [3.63, 3.8) is 0 Å². The maximum absolute atomic E-state index is 12.1. The molecule has 1 aliphatic rings. The first kappa shape index (κ1) is 13.0. The van der Waals surface area contributed by atoms with Crippen LogP contribution in [-0.4, -0.2) is 26.9 Å². The van der Waals surface area contributed by atoms with Crippen molar-refractivity contribution in [1.82, 2.24) is 0 Å². The molecule has 2 N–H and O–H groups in total. The summed E-state index contributed by atoms with van der Waals surface area (Å²) in [5.41, 5.74) is 0.809. The lowest BCUT2D eigenvalue weighted by Crippen LogP contribution is -2.40. The molecule has 0 aliphatic carbocycles. The highest BCUT2D eigenvalue weighted by atomic mass is 79.9. The predicted molar refractivity (Wildman–Crippen MR) is 64.9 cm³/mol. The van der Waals surface area contributed by atoms with Gasteiger partial charge in [0, 0.05) is 4.47 Å². The van der Waals surface area contributed by atoms with Crippen LogP contribution in [0, 0.1) is 0 Å². The second-order valence-corrected chi connectivity index (χ2v) is 6.83. The highest BCUT2D eigenvalue weighted by Crippen LogP contribution is 2.29. The lowest BCUT2D eigenvalue weighted by Gasteiger charge is -2.26. The summed E-state index contributed by atoms with van der Waals surface area (Å²) in [6, 6.07) is 4.94. The van der Waals surface area contributed by atoms with E-state index >= 15 is 0 Å². The molecule has 94 valence electrons. The summed E-state index contributed by atoms with van der Waals surface area (Å²) in [6.45, 7) is 0.774. The molecule has 5 nitrogen and oxygen atoms in total. The maximum atomic E-state index is 12.1. The smallest absolute Gasteiger partial charge is 0.186 e. The third kappa shape index (κ3) is 2.53. The molecule has 0 unspecified atom stereocenters. The van der Waals surface area contributed by atoms with Gasteiger partial charge in [0.15, 0.2) is 9.84 Å². The topological polar surface area (TPSA) is 78.6 Å². The van der Waals surface area contributed by atoms with Crippen LogP contribution >= 0.6 is 15.9 Å². The van der Waals surface area contributed by atoms with Gasteiger partial charge in [-0.3, -0.25) is 4.84 Å². The Hall–Kier alpha value is -0.470. The van der Waals surface area contributed by atoms with Gasteiger partial charge in [0.05, 0.1) is 24.7 Å². The van der Waals surface area contributed by atoms with Gasteiger partial charge in [-0.15, -0.1) is 0 Å². The molecule has 1 aromatic carbocycles.